The van der Waals surface area contributed by atoms with Crippen molar-refractivity contribution in [2.75, 3.05) is 13.2 Å². The Bertz CT molecular complexity index is 312. The van der Waals surface area contributed by atoms with Gasteiger partial charge in [0.05, 0.1) is 6.61 Å². The van der Waals surface area contributed by atoms with Crippen LogP contribution in [0.3, 0.4) is 0 Å². The van der Waals surface area contributed by atoms with Gasteiger partial charge in [0.25, 0.3) is 0 Å². The molecule has 3 nitrogen and oxygen atoms in total. The van der Waals surface area contributed by atoms with Crippen molar-refractivity contribution in [2.45, 2.75) is 51.4 Å². The Morgan fingerprint density at radius 2 is 1.78 bits per heavy atom. The summed E-state index contributed by atoms with van der Waals surface area (Å²) in [5.74, 6) is 2.25. The summed E-state index contributed by atoms with van der Waals surface area (Å²) >= 11 is 0. The first-order chi connectivity index (χ1) is 8.72. The maximum atomic E-state index is 12.1. The van der Waals surface area contributed by atoms with E-state index in [0.29, 0.717) is 6.54 Å². The van der Waals surface area contributed by atoms with E-state index in [1.807, 2.05) is 0 Å². The van der Waals surface area contributed by atoms with Crippen molar-refractivity contribution in [2.24, 2.45) is 23.2 Å². The molecular weight excluding hydrogens is 226 g/mol. The zero-order valence-electron chi connectivity index (χ0n) is 11.2. The number of carbonyl (C=O) groups excluding carboxylic acids is 1. The van der Waals surface area contributed by atoms with Gasteiger partial charge in [-0.05, 0) is 43.9 Å². The summed E-state index contributed by atoms with van der Waals surface area (Å²) in [6.45, 7) is 0.914. The van der Waals surface area contributed by atoms with Crippen LogP contribution in [0, 0.1) is 23.2 Å². The van der Waals surface area contributed by atoms with Gasteiger partial charge >= 0.3 is 0 Å². The highest BCUT2D eigenvalue weighted by atomic mass is 16.3. The number of hydrogen-bond acceptors (Lipinski definition) is 2. The van der Waals surface area contributed by atoms with Crippen LogP contribution in [-0.2, 0) is 4.79 Å². The van der Waals surface area contributed by atoms with Crippen LogP contribution in [0.15, 0.2) is 0 Å². The van der Waals surface area contributed by atoms with E-state index in [-0.39, 0.29) is 23.8 Å². The molecule has 0 aromatic carbocycles. The highest BCUT2D eigenvalue weighted by molar-refractivity contribution is 5.79. The normalized spacial score (nSPS) is 37.1. The smallest absolute Gasteiger partial charge is 0.223 e. The number of hydrogen-bond donors (Lipinski definition) is 2. The van der Waals surface area contributed by atoms with Crippen LogP contribution in [0.1, 0.15) is 51.4 Å². The lowest BCUT2D eigenvalue weighted by Gasteiger charge is -2.36. The van der Waals surface area contributed by atoms with Gasteiger partial charge in [0.15, 0.2) is 0 Å². The molecule has 0 spiro atoms. The molecule has 0 heterocycles. The summed E-state index contributed by atoms with van der Waals surface area (Å²) < 4.78 is 0. The summed E-state index contributed by atoms with van der Waals surface area (Å²) in [5, 5.41) is 12.7. The molecule has 1 amide bonds. The van der Waals surface area contributed by atoms with Crippen molar-refractivity contribution in [3.05, 3.63) is 0 Å². The van der Waals surface area contributed by atoms with Crippen molar-refractivity contribution < 1.29 is 9.90 Å². The molecule has 0 saturated heterocycles. The van der Waals surface area contributed by atoms with Gasteiger partial charge < -0.3 is 10.4 Å². The maximum Gasteiger partial charge on any atom is 0.223 e. The third kappa shape index (κ3) is 2.42. The van der Waals surface area contributed by atoms with Crippen molar-refractivity contribution in [1.82, 2.24) is 5.32 Å². The molecule has 3 saturated carbocycles. The van der Waals surface area contributed by atoms with Gasteiger partial charge in [-0.2, -0.15) is 0 Å². The van der Waals surface area contributed by atoms with Gasteiger partial charge in [0.2, 0.25) is 5.91 Å². The molecular formula is C15H25NO2. The molecule has 3 rings (SSSR count). The van der Waals surface area contributed by atoms with Crippen LogP contribution in [0.25, 0.3) is 0 Å². The zero-order valence-corrected chi connectivity index (χ0v) is 11.2. The number of aliphatic hydroxyl groups excluding tert-OH is 1. The van der Waals surface area contributed by atoms with Crippen LogP contribution in [0.2, 0.25) is 0 Å². The third-order valence-corrected chi connectivity index (χ3v) is 5.50. The Balaban J connectivity index is 1.48. The van der Waals surface area contributed by atoms with Crippen LogP contribution in [0.4, 0.5) is 0 Å². The Labute approximate surface area is 109 Å². The number of rotatable bonds is 4. The molecule has 2 N–H and O–H groups in total. The molecule has 3 aliphatic rings. The summed E-state index contributed by atoms with van der Waals surface area (Å²) in [7, 11) is 0. The summed E-state index contributed by atoms with van der Waals surface area (Å²) in [5.41, 5.74) is -0.0184. The second-order valence-electron chi connectivity index (χ2n) is 6.86. The summed E-state index contributed by atoms with van der Waals surface area (Å²) in [4.78, 5) is 12.1. The molecule has 3 heteroatoms. The molecule has 0 aliphatic heterocycles. The zero-order chi connectivity index (χ0) is 12.6. The highest BCUT2D eigenvalue weighted by Gasteiger charge is 2.48. The van der Waals surface area contributed by atoms with Crippen molar-refractivity contribution in [3.63, 3.8) is 0 Å². The maximum absolute atomic E-state index is 12.1. The molecule has 2 atom stereocenters. The van der Waals surface area contributed by atoms with E-state index in [0.717, 1.165) is 37.5 Å². The molecule has 102 valence electrons. The predicted molar refractivity (Wildman–Crippen MR) is 69.9 cm³/mol. The van der Waals surface area contributed by atoms with Crippen molar-refractivity contribution in [3.8, 4) is 0 Å². The Kier molecular flexibility index (Phi) is 3.35. The van der Waals surface area contributed by atoms with Gasteiger partial charge in [-0.15, -0.1) is 0 Å². The average molecular weight is 251 g/mol. The second-order valence-corrected chi connectivity index (χ2v) is 6.86. The lowest BCUT2D eigenvalue weighted by molar-refractivity contribution is -0.126. The fourth-order valence-corrected chi connectivity index (χ4v) is 4.04. The molecule has 3 fully saturated rings. The van der Waals surface area contributed by atoms with Crippen LogP contribution in [-0.4, -0.2) is 24.2 Å². The van der Waals surface area contributed by atoms with E-state index in [2.05, 4.69) is 5.32 Å². The molecule has 18 heavy (non-hydrogen) atoms. The van der Waals surface area contributed by atoms with E-state index in [4.69, 9.17) is 0 Å². The number of nitrogens with one attached hydrogen (secondary N) is 1. The standard InChI is InChI=1S/C15H25NO2/c17-10-15(4-2-1-3-5-15)9-16-14(18)13-7-11-6-12(11)8-13/h11-13,17H,1-10H2,(H,16,18). The molecule has 0 aromatic heterocycles. The molecule has 3 aliphatic carbocycles. The van der Waals surface area contributed by atoms with Gasteiger partial charge in [0.1, 0.15) is 0 Å². The van der Waals surface area contributed by atoms with Crippen LogP contribution in [0.5, 0.6) is 0 Å². The number of amides is 1. The lowest BCUT2D eigenvalue weighted by Crippen LogP contribution is -2.43. The van der Waals surface area contributed by atoms with E-state index >= 15 is 0 Å². The van der Waals surface area contributed by atoms with E-state index in [1.54, 1.807) is 0 Å². The highest BCUT2D eigenvalue weighted by Crippen LogP contribution is 2.54. The topological polar surface area (TPSA) is 49.3 Å². The monoisotopic (exact) mass is 251 g/mol. The minimum atomic E-state index is -0.0184. The lowest BCUT2D eigenvalue weighted by atomic mass is 9.74. The van der Waals surface area contributed by atoms with Crippen LogP contribution < -0.4 is 5.32 Å². The largest absolute Gasteiger partial charge is 0.396 e. The molecule has 0 aromatic rings. The van der Waals surface area contributed by atoms with Gasteiger partial charge in [-0.3, -0.25) is 4.79 Å². The Morgan fingerprint density at radius 1 is 1.11 bits per heavy atom. The first kappa shape index (κ1) is 12.5. The summed E-state index contributed by atoms with van der Waals surface area (Å²) in [6.07, 6.45) is 9.41. The minimum absolute atomic E-state index is 0.0184. The third-order valence-electron chi connectivity index (χ3n) is 5.50. The van der Waals surface area contributed by atoms with Gasteiger partial charge in [0, 0.05) is 17.9 Å². The number of carbonyl (C=O) groups is 1. The van der Waals surface area contributed by atoms with Gasteiger partial charge in [-0.25, -0.2) is 0 Å². The Morgan fingerprint density at radius 3 is 2.39 bits per heavy atom. The van der Waals surface area contributed by atoms with Crippen molar-refractivity contribution in [1.29, 1.82) is 0 Å². The average Bonchev–Trinajstić information content (AvgIpc) is 3.03. The minimum Gasteiger partial charge on any atom is -0.396 e. The fourth-order valence-electron chi connectivity index (χ4n) is 4.04. The van der Waals surface area contributed by atoms with Crippen LogP contribution >= 0.6 is 0 Å². The first-order valence-corrected chi connectivity index (χ1v) is 7.61. The van der Waals surface area contributed by atoms with E-state index in [1.165, 1.54) is 25.7 Å². The summed E-state index contributed by atoms with van der Waals surface area (Å²) in [6, 6.07) is 0. The quantitative estimate of drug-likeness (QED) is 0.804. The van der Waals surface area contributed by atoms with Crippen molar-refractivity contribution >= 4 is 5.91 Å². The molecule has 0 bridgehead atoms. The first-order valence-electron chi connectivity index (χ1n) is 7.61. The second kappa shape index (κ2) is 4.84. The fraction of sp³-hybridized carbons (Fsp3) is 0.933. The molecule has 2 unspecified atom stereocenters. The SMILES string of the molecule is O=C(NCC1(CO)CCCCC1)C1CC2CC2C1. The number of fused-ring (bicyclic) bond motifs is 1. The number of aliphatic hydroxyl groups is 1. The predicted octanol–water partition coefficient (Wildman–Crippen LogP) is 2.09. The van der Waals surface area contributed by atoms with E-state index < -0.39 is 0 Å². The van der Waals surface area contributed by atoms with E-state index in [9.17, 15) is 9.90 Å². The molecule has 0 radical (unpaired) electrons. The van der Waals surface area contributed by atoms with Gasteiger partial charge in [-0.1, -0.05) is 19.3 Å². The Hall–Kier alpha value is -0.570.